The Balaban J connectivity index is 2.69. The minimum atomic E-state index is 0.211. The summed E-state index contributed by atoms with van der Waals surface area (Å²) < 4.78 is 1.01. The van der Waals surface area contributed by atoms with Crippen LogP contribution in [0.5, 0.6) is 0 Å². The molecule has 0 aromatic carbocycles. The van der Waals surface area contributed by atoms with E-state index in [1.54, 1.807) is 0 Å². The van der Waals surface area contributed by atoms with Crippen LogP contribution in [0.1, 0.15) is 32.1 Å². The Hall–Kier alpha value is -0.620. The number of nitrogens with zero attached hydrogens (tertiary/aromatic N) is 1. The van der Waals surface area contributed by atoms with Gasteiger partial charge in [-0.25, -0.2) is 0 Å². The van der Waals surface area contributed by atoms with Crippen molar-refractivity contribution in [1.29, 1.82) is 5.26 Å². The molecule has 0 spiro atoms. The van der Waals surface area contributed by atoms with Gasteiger partial charge in [-0.1, -0.05) is 15.9 Å². The zero-order valence-electron chi connectivity index (χ0n) is 6.77. The zero-order chi connectivity index (χ0) is 8.97. The number of rotatable bonds is 2. The number of halogens is 1. The summed E-state index contributed by atoms with van der Waals surface area (Å²) in [5.74, 6) is 0.211. The second kappa shape index (κ2) is 4.42. The van der Waals surface area contributed by atoms with Crippen LogP contribution in [0.25, 0.3) is 0 Å². The Morgan fingerprint density at radius 2 is 2.25 bits per heavy atom. The van der Waals surface area contributed by atoms with Crippen molar-refractivity contribution in [1.82, 2.24) is 0 Å². The predicted molar refractivity (Wildman–Crippen MR) is 49.7 cm³/mol. The van der Waals surface area contributed by atoms with Crippen LogP contribution >= 0.6 is 15.9 Å². The van der Waals surface area contributed by atoms with E-state index in [1.165, 1.54) is 0 Å². The summed E-state index contributed by atoms with van der Waals surface area (Å²) in [6.07, 6.45) is 3.59. The van der Waals surface area contributed by atoms with Crippen LogP contribution in [0, 0.1) is 11.3 Å². The Morgan fingerprint density at radius 3 is 2.83 bits per heavy atom. The summed E-state index contributed by atoms with van der Waals surface area (Å²) in [5, 5.41) is 8.37. The maximum atomic E-state index is 11.3. The van der Waals surface area contributed by atoms with Gasteiger partial charge in [0, 0.05) is 22.9 Å². The van der Waals surface area contributed by atoms with Gasteiger partial charge < -0.3 is 0 Å². The van der Waals surface area contributed by atoms with Crippen LogP contribution in [0.15, 0.2) is 10.1 Å². The van der Waals surface area contributed by atoms with Crippen molar-refractivity contribution in [2.75, 3.05) is 0 Å². The maximum absolute atomic E-state index is 11.3. The molecule has 0 fully saturated rings. The fraction of sp³-hybridized carbons (Fsp3) is 0.556. The Kier molecular flexibility index (Phi) is 3.48. The Labute approximate surface area is 80.4 Å². The monoisotopic (exact) mass is 227 g/mol. The van der Waals surface area contributed by atoms with E-state index < -0.39 is 0 Å². The van der Waals surface area contributed by atoms with E-state index in [4.69, 9.17) is 5.26 Å². The molecule has 0 amide bonds. The molecule has 1 aliphatic carbocycles. The molecule has 1 rings (SSSR count). The molecule has 0 atom stereocenters. The van der Waals surface area contributed by atoms with Crippen molar-refractivity contribution in [3.05, 3.63) is 10.1 Å². The molecule has 0 saturated heterocycles. The van der Waals surface area contributed by atoms with Crippen LogP contribution in [-0.2, 0) is 4.79 Å². The highest BCUT2D eigenvalue weighted by atomic mass is 79.9. The number of Topliss-reactive ketones (excluding diaryl/α,β-unsaturated/α-hetero) is 1. The lowest BCUT2D eigenvalue weighted by molar-refractivity contribution is -0.116. The third-order valence-electron chi connectivity index (χ3n) is 1.95. The standard InChI is InChI=1S/C9H10BrNO/c10-8-4-1-5-9(12)7(8)3-2-6-11/h1-5H2. The molecule has 0 aliphatic heterocycles. The minimum Gasteiger partial charge on any atom is -0.295 e. The van der Waals surface area contributed by atoms with Crippen molar-refractivity contribution in [2.45, 2.75) is 32.1 Å². The van der Waals surface area contributed by atoms with Gasteiger partial charge in [-0.2, -0.15) is 5.26 Å². The maximum Gasteiger partial charge on any atom is 0.159 e. The highest BCUT2D eigenvalue weighted by molar-refractivity contribution is 9.11. The highest BCUT2D eigenvalue weighted by Gasteiger charge is 2.17. The Bertz CT molecular complexity index is 262. The first-order valence-corrected chi connectivity index (χ1v) is 4.82. The predicted octanol–water partition coefficient (Wildman–Crippen LogP) is 2.69. The van der Waals surface area contributed by atoms with Crippen LogP contribution in [-0.4, -0.2) is 5.78 Å². The lowest BCUT2D eigenvalue weighted by Crippen LogP contribution is -2.09. The Morgan fingerprint density at radius 1 is 1.50 bits per heavy atom. The quantitative estimate of drug-likeness (QED) is 0.728. The van der Waals surface area contributed by atoms with E-state index in [1.807, 2.05) is 6.07 Å². The molecule has 1 aliphatic rings. The molecule has 0 heterocycles. The molecule has 64 valence electrons. The smallest absolute Gasteiger partial charge is 0.159 e. The summed E-state index contributed by atoms with van der Waals surface area (Å²) in [5.41, 5.74) is 0.836. The van der Waals surface area contributed by atoms with Gasteiger partial charge in [0.15, 0.2) is 5.78 Å². The number of ketones is 1. The third kappa shape index (κ3) is 2.18. The van der Waals surface area contributed by atoms with Crippen LogP contribution < -0.4 is 0 Å². The van der Waals surface area contributed by atoms with E-state index in [9.17, 15) is 4.79 Å². The normalized spacial score (nSPS) is 17.8. The second-order valence-corrected chi connectivity index (χ2v) is 3.78. The number of hydrogen-bond acceptors (Lipinski definition) is 2. The van der Waals surface area contributed by atoms with Gasteiger partial charge >= 0.3 is 0 Å². The van der Waals surface area contributed by atoms with Crippen molar-refractivity contribution >= 4 is 21.7 Å². The number of nitriles is 1. The number of carbonyl (C=O) groups is 1. The van der Waals surface area contributed by atoms with Gasteiger partial charge in [0.25, 0.3) is 0 Å². The summed E-state index contributed by atoms with van der Waals surface area (Å²) in [7, 11) is 0. The largest absolute Gasteiger partial charge is 0.295 e. The van der Waals surface area contributed by atoms with E-state index in [-0.39, 0.29) is 5.78 Å². The number of allylic oxidation sites excluding steroid dienone is 2. The molecule has 0 aromatic rings. The summed E-state index contributed by atoms with van der Waals surface area (Å²) in [6.45, 7) is 0. The van der Waals surface area contributed by atoms with Gasteiger partial charge in [-0.05, 0) is 19.3 Å². The van der Waals surface area contributed by atoms with E-state index in [0.717, 1.165) is 22.9 Å². The molecular formula is C9H10BrNO. The van der Waals surface area contributed by atoms with E-state index in [0.29, 0.717) is 19.3 Å². The average molecular weight is 228 g/mol. The van der Waals surface area contributed by atoms with Crippen molar-refractivity contribution in [3.63, 3.8) is 0 Å². The second-order valence-electron chi connectivity index (χ2n) is 2.82. The van der Waals surface area contributed by atoms with E-state index >= 15 is 0 Å². The highest BCUT2D eigenvalue weighted by Crippen LogP contribution is 2.28. The average Bonchev–Trinajstić information content (AvgIpc) is 2.04. The molecule has 0 radical (unpaired) electrons. The molecule has 0 saturated carbocycles. The first-order valence-electron chi connectivity index (χ1n) is 4.03. The van der Waals surface area contributed by atoms with Gasteiger partial charge in [-0.3, -0.25) is 4.79 Å². The van der Waals surface area contributed by atoms with E-state index in [2.05, 4.69) is 15.9 Å². The number of carbonyl (C=O) groups excluding carboxylic acids is 1. The SMILES string of the molecule is N#CCCC1=C(Br)CCCC1=O. The fourth-order valence-electron chi connectivity index (χ4n) is 1.31. The van der Waals surface area contributed by atoms with Gasteiger partial charge in [-0.15, -0.1) is 0 Å². The van der Waals surface area contributed by atoms with Crippen molar-refractivity contribution < 1.29 is 4.79 Å². The molecule has 0 aromatic heterocycles. The third-order valence-corrected chi connectivity index (χ3v) is 2.83. The van der Waals surface area contributed by atoms with Crippen LogP contribution in [0.3, 0.4) is 0 Å². The molecule has 12 heavy (non-hydrogen) atoms. The van der Waals surface area contributed by atoms with Crippen LogP contribution in [0.2, 0.25) is 0 Å². The lowest BCUT2D eigenvalue weighted by Gasteiger charge is -2.13. The minimum absolute atomic E-state index is 0.211. The van der Waals surface area contributed by atoms with Crippen molar-refractivity contribution in [3.8, 4) is 6.07 Å². The molecule has 0 bridgehead atoms. The molecule has 0 unspecified atom stereocenters. The van der Waals surface area contributed by atoms with Gasteiger partial charge in [0.05, 0.1) is 6.07 Å². The van der Waals surface area contributed by atoms with Gasteiger partial charge in [0.2, 0.25) is 0 Å². The summed E-state index contributed by atoms with van der Waals surface area (Å²) in [6, 6.07) is 2.05. The summed E-state index contributed by atoms with van der Waals surface area (Å²) >= 11 is 3.37. The molecular weight excluding hydrogens is 218 g/mol. The summed E-state index contributed by atoms with van der Waals surface area (Å²) in [4.78, 5) is 11.3. The number of hydrogen-bond donors (Lipinski definition) is 0. The van der Waals surface area contributed by atoms with Crippen molar-refractivity contribution in [2.24, 2.45) is 0 Å². The van der Waals surface area contributed by atoms with Crippen LogP contribution in [0.4, 0.5) is 0 Å². The van der Waals surface area contributed by atoms with Gasteiger partial charge in [0.1, 0.15) is 0 Å². The first-order chi connectivity index (χ1) is 5.75. The molecule has 2 nitrogen and oxygen atoms in total. The first kappa shape index (κ1) is 9.47. The molecule has 3 heteroatoms. The lowest BCUT2D eigenvalue weighted by atomic mass is 9.95. The fourth-order valence-corrected chi connectivity index (χ4v) is 2.01. The molecule has 0 N–H and O–H groups in total. The topological polar surface area (TPSA) is 40.9 Å². The zero-order valence-corrected chi connectivity index (χ0v) is 8.35.